The number of hydrogen-bond acceptors (Lipinski definition) is 4. The van der Waals surface area contributed by atoms with E-state index in [1.807, 2.05) is 6.92 Å². The van der Waals surface area contributed by atoms with Gasteiger partial charge in [-0.1, -0.05) is 6.92 Å². The molecule has 6 heteroatoms. The van der Waals surface area contributed by atoms with E-state index in [9.17, 15) is 13.2 Å². The molecule has 27 heavy (non-hydrogen) atoms. The molecule has 2 aromatic rings. The number of H-pyrrole nitrogens is 1. The fraction of sp³-hybridized carbons (Fsp3) is 0.476. The van der Waals surface area contributed by atoms with Crippen LogP contribution in [0, 0.1) is 12.8 Å². The minimum atomic E-state index is -3.33. The van der Waals surface area contributed by atoms with Crippen LogP contribution in [-0.2, 0) is 9.84 Å². The van der Waals surface area contributed by atoms with Gasteiger partial charge in [0.2, 0.25) is 0 Å². The molecule has 1 aromatic carbocycles. The standard InChI is InChI=1S/C21H25NO4S/c1-3-27(24,25)16-8-9-19(26-12-14-4-5-14)17(10-16)18-11-22-21(23)13(2)20(18)15-6-7-15/h8-11,14-15H,3-7,12H2,1-2H3,(H,22,23). The lowest BCUT2D eigenvalue weighted by Gasteiger charge is -2.17. The van der Waals surface area contributed by atoms with Crippen LogP contribution in [0.25, 0.3) is 11.1 Å². The van der Waals surface area contributed by atoms with E-state index in [1.54, 1.807) is 31.3 Å². The highest BCUT2D eigenvalue weighted by atomic mass is 32.2. The lowest BCUT2D eigenvalue weighted by atomic mass is 9.94. The zero-order valence-electron chi connectivity index (χ0n) is 15.7. The van der Waals surface area contributed by atoms with E-state index in [0.29, 0.717) is 34.7 Å². The fourth-order valence-electron chi connectivity index (χ4n) is 3.47. The van der Waals surface area contributed by atoms with Crippen LogP contribution >= 0.6 is 0 Å². The number of benzene rings is 1. The van der Waals surface area contributed by atoms with Crippen molar-refractivity contribution in [1.29, 1.82) is 0 Å². The molecule has 0 amide bonds. The summed E-state index contributed by atoms with van der Waals surface area (Å²) in [4.78, 5) is 15.3. The molecule has 0 unspecified atom stereocenters. The Morgan fingerprint density at radius 3 is 2.52 bits per heavy atom. The first kappa shape index (κ1) is 18.3. The van der Waals surface area contributed by atoms with Crippen molar-refractivity contribution in [3.8, 4) is 16.9 Å². The van der Waals surface area contributed by atoms with Gasteiger partial charge in [0.1, 0.15) is 5.75 Å². The van der Waals surface area contributed by atoms with Crippen LogP contribution in [0.1, 0.15) is 49.7 Å². The van der Waals surface area contributed by atoms with E-state index in [1.165, 1.54) is 12.8 Å². The summed E-state index contributed by atoms with van der Waals surface area (Å²) in [6.07, 6.45) is 6.20. The summed E-state index contributed by atoms with van der Waals surface area (Å²) in [6.45, 7) is 4.13. The molecule has 0 bridgehead atoms. The minimum absolute atomic E-state index is 0.0504. The number of aromatic nitrogens is 1. The molecule has 1 aromatic heterocycles. The van der Waals surface area contributed by atoms with Crippen LogP contribution in [-0.4, -0.2) is 25.8 Å². The maximum absolute atomic E-state index is 12.4. The summed E-state index contributed by atoms with van der Waals surface area (Å²) >= 11 is 0. The highest BCUT2D eigenvalue weighted by molar-refractivity contribution is 7.91. The quantitative estimate of drug-likeness (QED) is 0.784. The van der Waals surface area contributed by atoms with Gasteiger partial charge in [0.25, 0.3) is 5.56 Å². The molecule has 2 aliphatic carbocycles. The molecule has 5 nitrogen and oxygen atoms in total. The maximum Gasteiger partial charge on any atom is 0.251 e. The summed E-state index contributed by atoms with van der Waals surface area (Å²) in [5, 5.41) is 0. The van der Waals surface area contributed by atoms with E-state index in [2.05, 4.69) is 4.98 Å². The molecular weight excluding hydrogens is 362 g/mol. The number of pyridine rings is 1. The molecule has 1 heterocycles. The van der Waals surface area contributed by atoms with Crippen LogP contribution in [0.2, 0.25) is 0 Å². The van der Waals surface area contributed by atoms with Gasteiger partial charge in [-0.3, -0.25) is 4.79 Å². The second-order valence-electron chi connectivity index (χ2n) is 7.66. The van der Waals surface area contributed by atoms with E-state index in [0.717, 1.165) is 29.5 Å². The first-order valence-corrected chi connectivity index (χ1v) is 11.3. The monoisotopic (exact) mass is 387 g/mol. The third kappa shape index (κ3) is 3.68. The Balaban J connectivity index is 1.87. The molecule has 0 aliphatic heterocycles. The lowest BCUT2D eigenvalue weighted by Crippen LogP contribution is -2.13. The molecule has 0 atom stereocenters. The maximum atomic E-state index is 12.4. The van der Waals surface area contributed by atoms with Crippen molar-refractivity contribution >= 4 is 9.84 Å². The average molecular weight is 388 g/mol. The van der Waals surface area contributed by atoms with Gasteiger partial charge < -0.3 is 9.72 Å². The average Bonchev–Trinajstić information content (AvgIpc) is 3.55. The van der Waals surface area contributed by atoms with Gasteiger partial charge in [-0.25, -0.2) is 8.42 Å². The van der Waals surface area contributed by atoms with Crippen LogP contribution in [0.4, 0.5) is 0 Å². The Kier molecular flexibility index (Phi) is 4.62. The normalized spacial score (nSPS) is 17.1. The Morgan fingerprint density at radius 1 is 1.15 bits per heavy atom. The van der Waals surface area contributed by atoms with E-state index in [4.69, 9.17) is 4.74 Å². The third-order valence-corrected chi connectivity index (χ3v) is 7.25. The number of nitrogens with one attached hydrogen (secondary N) is 1. The SMILES string of the molecule is CCS(=O)(=O)c1ccc(OCC2CC2)c(-c2c[nH]c(=O)c(C)c2C2CC2)c1. The first-order valence-electron chi connectivity index (χ1n) is 9.63. The molecule has 2 fully saturated rings. The van der Waals surface area contributed by atoms with Gasteiger partial charge in [-0.2, -0.15) is 0 Å². The summed E-state index contributed by atoms with van der Waals surface area (Å²) in [7, 11) is -3.33. The molecule has 2 aliphatic rings. The van der Waals surface area contributed by atoms with E-state index < -0.39 is 9.84 Å². The second kappa shape index (κ2) is 6.82. The van der Waals surface area contributed by atoms with Crippen LogP contribution in [0.5, 0.6) is 5.75 Å². The second-order valence-corrected chi connectivity index (χ2v) is 9.94. The Bertz CT molecular complexity index is 1030. The Labute approximate surface area is 159 Å². The van der Waals surface area contributed by atoms with Crippen LogP contribution < -0.4 is 10.3 Å². The summed E-state index contributed by atoms with van der Waals surface area (Å²) in [5.74, 6) is 1.70. The first-order chi connectivity index (χ1) is 12.9. The predicted octanol–water partition coefficient (Wildman–Crippen LogP) is 3.81. The summed E-state index contributed by atoms with van der Waals surface area (Å²) in [6, 6.07) is 5.09. The number of rotatable bonds is 7. The largest absolute Gasteiger partial charge is 0.493 e. The number of hydrogen-bond donors (Lipinski definition) is 1. The van der Waals surface area contributed by atoms with Gasteiger partial charge in [0.15, 0.2) is 9.84 Å². The van der Waals surface area contributed by atoms with E-state index >= 15 is 0 Å². The molecule has 1 N–H and O–H groups in total. The molecule has 0 saturated heterocycles. The van der Waals surface area contributed by atoms with Crippen molar-refractivity contribution in [2.24, 2.45) is 5.92 Å². The Hall–Kier alpha value is -2.08. The molecule has 144 valence electrons. The fourth-order valence-corrected chi connectivity index (χ4v) is 4.37. The topological polar surface area (TPSA) is 76.2 Å². The summed E-state index contributed by atoms with van der Waals surface area (Å²) < 4.78 is 30.9. The van der Waals surface area contributed by atoms with Gasteiger partial charge in [0.05, 0.1) is 17.3 Å². The molecule has 0 radical (unpaired) electrons. The van der Waals surface area contributed by atoms with Crippen molar-refractivity contribution in [3.63, 3.8) is 0 Å². The zero-order chi connectivity index (χ0) is 19.2. The molecular formula is C21H25NO4S. The zero-order valence-corrected chi connectivity index (χ0v) is 16.6. The third-order valence-electron chi connectivity index (χ3n) is 5.52. The lowest BCUT2D eigenvalue weighted by molar-refractivity contribution is 0.301. The van der Waals surface area contributed by atoms with Crippen molar-refractivity contribution in [3.05, 3.63) is 45.9 Å². The molecule has 0 spiro atoms. The number of sulfone groups is 1. The van der Waals surface area contributed by atoms with Gasteiger partial charge in [-0.05, 0) is 68.2 Å². The highest BCUT2D eigenvalue weighted by Gasteiger charge is 2.31. The van der Waals surface area contributed by atoms with Crippen molar-refractivity contribution < 1.29 is 13.2 Å². The van der Waals surface area contributed by atoms with E-state index in [-0.39, 0.29) is 11.3 Å². The smallest absolute Gasteiger partial charge is 0.251 e. The van der Waals surface area contributed by atoms with Crippen molar-refractivity contribution in [2.45, 2.75) is 50.3 Å². The van der Waals surface area contributed by atoms with Crippen molar-refractivity contribution in [2.75, 3.05) is 12.4 Å². The molecule has 2 saturated carbocycles. The Morgan fingerprint density at radius 2 is 1.89 bits per heavy atom. The minimum Gasteiger partial charge on any atom is -0.493 e. The summed E-state index contributed by atoms with van der Waals surface area (Å²) in [5.41, 5.74) is 3.30. The highest BCUT2D eigenvalue weighted by Crippen LogP contribution is 2.47. The van der Waals surface area contributed by atoms with Crippen molar-refractivity contribution in [1.82, 2.24) is 4.98 Å². The number of aromatic amines is 1. The van der Waals surface area contributed by atoms with Gasteiger partial charge >= 0.3 is 0 Å². The number of ether oxygens (including phenoxy) is 1. The molecule has 4 rings (SSSR count). The van der Waals surface area contributed by atoms with Gasteiger partial charge in [-0.15, -0.1) is 0 Å². The van der Waals surface area contributed by atoms with Gasteiger partial charge in [0, 0.05) is 22.9 Å². The predicted molar refractivity (Wildman–Crippen MR) is 105 cm³/mol. The van der Waals surface area contributed by atoms with Crippen LogP contribution in [0.3, 0.4) is 0 Å². The van der Waals surface area contributed by atoms with Crippen LogP contribution in [0.15, 0.2) is 34.1 Å².